The molecule has 2 aromatic rings. The van der Waals surface area contributed by atoms with Gasteiger partial charge in [-0.15, -0.1) is 0 Å². The van der Waals surface area contributed by atoms with E-state index in [9.17, 15) is 14.0 Å². The maximum atomic E-state index is 13.7. The lowest BCUT2D eigenvalue weighted by atomic mass is 10.1. The highest BCUT2D eigenvalue weighted by atomic mass is 19.1. The normalized spacial score (nSPS) is 19.5. The third-order valence-corrected chi connectivity index (χ3v) is 5.79. The molecule has 2 fully saturated rings. The first-order valence-electron chi connectivity index (χ1n) is 10.3. The second-order valence-corrected chi connectivity index (χ2v) is 7.78. The summed E-state index contributed by atoms with van der Waals surface area (Å²) in [6, 6.07) is 14.4. The van der Waals surface area contributed by atoms with Gasteiger partial charge in [0, 0.05) is 49.5 Å². The minimum Gasteiger partial charge on any atom is -0.372 e. The average Bonchev–Trinajstić information content (AvgIpc) is 3.15. The van der Waals surface area contributed by atoms with E-state index in [0.29, 0.717) is 12.1 Å². The second kappa shape index (κ2) is 8.64. The number of carbonyl (C=O) groups is 2. The smallest absolute Gasteiger partial charge is 0.227 e. The molecule has 1 unspecified atom stereocenters. The molecule has 0 spiro atoms. The van der Waals surface area contributed by atoms with Gasteiger partial charge in [0.2, 0.25) is 11.8 Å². The molecule has 2 aromatic carbocycles. The van der Waals surface area contributed by atoms with Crippen molar-refractivity contribution >= 4 is 23.2 Å². The predicted molar refractivity (Wildman–Crippen MR) is 111 cm³/mol. The number of rotatable bonds is 5. The van der Waals surface area contributed by atoms with Gasteiger partial charge >= 0.3 is 0 Å². The minimum atomic E-state index is -0.420. The molecule has 0 saturated carbocycles. The van der Waals surface area contributed by atoms with Crippen molar-refractivity contribution in [3.8, 4) is 0 Å². The Balaban J connectivity index is 1.36. The maximum Gasteiger partial charge on any atom is 0.227 e. The SMILES string of the molecule is O=C(NCc1ccccc1F)C1CC(=O)N(c2ccc(N3CCCCC3)cc2)C1. The van der Waals surface area contributed by atoms with Crippen molar-refractivity contribution in [2.75, 3.05) is 29.4 Å². The molecule has 29 heavy (non-hydrogen) atoms. The van der Waals surface area contributed by atoms with Crippen LogP contribution in [0.3, 0.4) is 0 Å². The lowest BCUT2D eigenvalue weighted by molar-refractivity contribution is -0.126. The third kappa shape index (κ3) is 4.42. The number of piperidine rings is 1. The quantitative estimate of drug-likeness (QED) is 0.843. The first-order chi connectivity index (χ1) is 14.1. The Hall–Kier alpha value is -2.89. The zero-order valence-corrected chi connectivity index (χ0v) is 16.4. The third-order valence-electron chi connectivity index (χ3n) is 5.79. The van der Waals surface area contributed by atoms with Crippen molar-refractivity contribution in [2.45, 2.75) is 32.2 Å². The van der Waals surface area contributed by atoms with Gasteiger partial charge < -0.3 is 15.1 Å². The van der Waals surface area contributed by atoms with Crippen molar-refractivity contribution in [1.82, 2.24) is 5.32 Å². The van der Waals surface area contributed by atoms with Crippen molar-refractivity contribution in [3.63, 3.8) is 0 Å². The van der Waals surface area contributed by atoms with Crippen LogP contribution < -0.4 is 15.1 Å². The molecule has 0 bridgehead atoms. The van der Waals surface area contributed by atoms with Crippen LogP contribution in [0.2, 0.25) is 0 Å². The van der Waals surface area contributed by atoms with Crippen molar-refractivity contribution in [3.05, 3.63) is 59.9 Å². The number of halogens is 1. The van der Waals surface area contributed by atoms with Gasteiger partial charge in [-0.3, -0.25) is 9.59 Å². The molecule has 2 saturated heterocycles. The number of amides is 2. The lowest BCUT2D eigenvalue weighted by Crippen LogP contribution is -2.33. The van der Waals surface area contributed by atoms with Crippen LogP contribution in [-0.2, 0) is 16.1 Å². The van der Waals surface area contributed by atoms with E-state index in [4.69, 9.17) is 0 Å². The van der Waals surface area contributed by atoms with Crippen molar-refractivity contribution in [2.24, 2.45) is 5.92 Å². The summed E-state index contributed by atoms with van der Waals surface area (Å²) >= 11 is 0. The number of hydrogen-bond acceptors (Lipinski definition) is 3. The Kier molecular flexibility index (Phi) is 5.79. The van der Waals surface area contributed by atoms with Gasteiger partial charge in [0.1, 0.15) is 5.82 Å². The number of benzene rings is 2. The van der Waals surface area contributed by atoms with Crippen LogP contribution in [0.1, 0.15) is 31.2 Å². The largest absolute Gasteiger partial charge is 0.372 e. The molecule has 2 aliphatic heterocycles. The van der Waals surface area contributed by atoms with E-state index in [1.165, 1.54) is 31.0 Å². The van der Waals surface area contributed by atoms with E-state index in [1.54, 1.807) is 23.1 Å². The van der Waals surface area contributed by atoms with E-state index in [-0.39, 0.29) is 30.6 Å². The Morgan fingerprint density at radius 1 is 1.00 bits per heavy atom. The van der Waals surface area contributed by atoms with E-state index >= 15 is 0 Å². The first kappa shape index (κ1) is 19.4. The summed E-state index contributed by atoms with van der Waals surface area (Å²) in [6.45, 7) is 2.63. The number of anilines is 2. The fraction of sp³-hybridized carbons (Fsp3) is 0.391. The molecule has 1 atom stereocenters. The highest BCUT2D eigenvalue weighted by Crippen LogP contribution is 2.28. The zero-order chi connectivity index (χ0) is 20.2. The summed E-state index contributed by atoms with van der Waals surface area (Å²) in [4.78, 5) is 29.0. The van der Waals surface area contributed by atoms with Gasteiger partial charge in [-0.2, -0.15) is 0 Å². The van der Waals surface area contributed by atoms with Crippen LogP contribution in [0.15, 0.2) is 48.5 Å². The highest BCUT2D eigenvalue weighted by Gasteiger charge is 2.35. The fourth-order valence-corrected chi connectivity index (χ4v) is 4.10. The van der Waals surface area contributed by atoms with Crippen LogP contribution >= 0.6 is 0 Å². The lowest BCUT2D eigenvalue weighted by Gasteiger charge is -2.29. The van der Waals surface area contributed by atoms with Crippen LogP contribution in [0.4, 0.5) is 15.8 Å². The molecule has 152 valence electrons. The number of carbonyl (C=O) groups excluding carboxylic acids is 2. The molecule has 0 radical (unpaired) electrons. The summed E-state index contributed by atoms with van der Waals surface area (Å²) in [5.74, 6) is -1.03. The summed E-state index contributed by atoms with van der Waals surface area (Å²) in [5.41, 5.74) is 2.44. The number of nitrogens with zero attached hydrogens (tertiary/aromatic N) is 2. The monoisotopic (exact) mass is 395 g/mol. The van der Waals surface area contributed by atoms with Crippen LogP contribution in [0.25, 0.3) is 0 Å². The molecular weight excluding hydrogens is 369 g/mol. The van der Waals surface area contributed by atoms with Crippen molar-refractivity contribution in [1.29, 1.82) is 0 Å². The number of nitrogens with one attached hydrogen (secondary N) is 1. The van der Waals surface area contributed by atoms with Crippen molar-refractivity contribution < 1.29 is 14.0 Å². The van der Waals surface area contributed by atoms with E-state index in [2.05, 4.69) is 22.3 Å². The molecule has 1 N–H and O–H groups in total. The number of hydrogen-bond donors (Lipinski definition) is 1. The first-order valence-corrected chi connectivity index (χ1v) is 10.3. The summed E-state index contributed by atoms with van der Waals surface area (Å²) < 4.78 is 13.7. The summed E-state index contributed by atoms with van der Waals surface area (Å²) in [5, 5.41) is 2.76. The van der Waals surface area contributed by atoms with Crippen LogP contribution in [0.5, 0.6) is 0 Å². The van der Waals surface area contributed by atoms with Gasteiger partial charge in [-0.25, -0.2) is 4.39 Å². The fourth-order valence-electron chi connectivity index (χ4n) is 4.10. The van der Waals surface area contributed by atoms with Crippen LogP contribution in [-0.4, -0.2) is 31.4 Å². The molecule has 5 nitrogen and oxygen atoms in total. The van der Waals surface area contributed by atoms with Gasteiger partial charge in [0.25, 0.3) is 0 Å². The van der Waals surface area contributed by atoms with E-state index in [1.807, 2.05) is 12.1 Å². The van der Waals surface area contributed by atoms with E-state index < -0.39 is 5.92 Å². The zero-order valence-electron chi connectivity index (χ0n) is 16.4. The van der Waals surface area contributed by atoms with Gasteiger partial charge in [0.05, 0.1) is 5.92 Å². The van der Waals surface area contributed by atoms with Gasteiger partial charge in [0.15, 0.2) is 0 Å². The Labute approximate surface area is 170 Å². The molecule has 6 heteroatoms. The van der Waals surface area contributed by atoms with Crippen LogP contribution in [0, 0.1) is 11.7 Å². The standard InChI is InChI=1S/C23H26FN3O2/c24-21-7-3-2-6-17(21)15-25-23(29)18-14-22(28)27(16-18)20-10-8-19(9-11-20)26-12-4-1-5-13-26/h2-3,6-11,18H,1,4-5,12-16H2,(H,25,29). The molecule has 2 amide bonds. The minimum absolute atomic E-state index is 0.0539. The maximum absolute atomic E-state index is 13.7. The van der Waals surface area contributed by atoms with Gasteiger partial charge in [-0.1, -0.05) is 18.2 Å². The molecule has 0 aliphatic carbocycles. The molecular formula is C23H26FN3O2. The Morgan fingerprint density at radius 3 is 2.41 bits per heavy atom. The van der Waals surface area contributed by atoms with E-state index in [0.717, 1.165) is 18.8 Å². The second-order valence-electron chi connectivity index (χ2n) is 7.78. The Morgan fingerprint density at radius 2 is 1.69 bits per heavy atom. The summed E-state index contributed by atoms with van der Waals surface area (Å²) in [6.07, 6.45) is 3.90. The highest BCUT2D eigenvalue weighted by molar-refractivity contribution is 6.00. The molecule has 4 rings (SSSR count). The molecule has 2 aliphatic rings. The topological polar surface area (TPSA) is 52.7 Å². The van der Waals surface area contributed by atoms with Gasteiger partial charge in [-0.05, 0) is 49.6 Å². The average molecular weight is 395 g/mol. The predicted octanol–water partition coefficient (Wildman–Crippen LogP) is 3.49. The molecule has 0 aromatic heterocycles. The summed E-state index contributed by atoms with van der Waals surface area (Å²) in [7, 11) is 0. The Bertz CT molecular complexity index is 878. The molecule has 2 heterocycles.